The van der Waals surface area contributed by atoms with Gasteiger partial charge in [0.15, 0.2) is 0 Å². The van der Waals surface area contributed by atoms with Crippen molar-refractivity contribution in [3.63, 3.8) is 0 Å². The number of ether oxygens (including phenoxy) is 1. The molecule has 0 atom stereocenters. The number of benzene rings is 2. The molecule has 0 unspecified atom stereocenters. The zero-order valence-corrected chi connectivity index (χ0v) is 17.7. The molecule has 1 amide bonds. The Balaban J connectivity index is 1.24. The maximum absolute atomic E-state index is 12.6. The molecule has 2 heterocycles. The molecule has 5 heteroatoms. The minimum Gasteiger partial charge on any atom is -0.360 e. The van der Waals surface area contributed by atoms with Gasteiger partial charge in [0.05, 0.1) is 5.60 Å². The van der Waals surface area contributed by atoms with Gasteiger partial charge < -0.3 is 15.4 Å². The van der Waals surface area contributed by atoms with E-state index < -0.39 is 0 Å². The third-order valence-electron chi connectivity index (χ3n) is 6.39. The third kappa shape index (κ3) is 5.48. The highest BCUT2D eigenvalue weighted by molar-refractivity contribution is 5.77. The van der Waals surface area contributed by atoms with Gasteiger partial charge in [-0.15, -0.1) is 0 Å². The van der Waals surface area contributed by atoms with Crippen LogP contribution < -0.4 is 10.6 Å². The first-order chi connectivity index (χ1) is 14.7. The van der Waals surface area contributed by atoms with Crippen molar-refractivity contribution < 1.29 is 9.53 Å². The molecule has 2 aliphatic heterocycles. The molecule has 0 aliphatic carbocycles. The van der Waals surface area contributed by atoms with Crippen molar-refractivity contribution in [2.75, 3.05) is 32.8 Å². The minimum absolute atomic E-state index is 0.00495. The molecule has 2 fully saturated rings. The van der Waals surface area contributed by atoms with E-state index in [4.69, 9.17) is 4.74 Å². The van der Waals surface area contributed by atoms with Gasteiger partial charge in [-0.25, -0.2) is 0 Å². The molecule has 5 nitrogen and oxygen atoms in total. The predicted molar refractivity (Wildman–Crippen MR) is 119 cm³/mol. The summed E-state index contributed by atoms with van der Waals surface area (Å²) >= 11 is 0. The van der Waals surface area contributed by atoms with Crippen LogP contribution in [0.5, 0.6) is 0 Å². The first-order valence-corrected chi connectivity index (χ1v) is 11.2. The average Bonchev–Trinajstić information content (AvgIpc) is 2.81. The lowest BCUT2D eigenvalue weighted by Crippen LogP contribution is -2.47. The second kappa shape index (κ2) is 10.2. The van der Waals surface area contributed by atoms with Gasteiger partial charge in [0.2, 0.25) is 5.91 Å². The Morgan fingerprint density at radius 3 is 2.30 bits per heavy atom. The Labute approximate surface area is 179 Å². The average molecular weight is 408 g/mol. The van der Waals surface area contributed by atoms with Crippen molar-refractivity contribution >= 4 is 5.91 Å². The third-order valence-corrected chi connectivity index (χ3v) is 6.39. The Bertz CT molecular complexity index is 783. The van der Waals surface area contributed by atoms with Gasteiger partial charge in [-0.3, -0.25) is 9.69 Å². The standard InChI is InChI=1S/C25H33N3O2/c29-24(20-30-25(13-15-26-16-14-25)22-9-5-2-6-10-22)27-23-11-17-28(18-12-23)19-21-7-3-1-4-8-21/h1-10,23,26H,11-20H2,(H,27,29). The summed E-state index contributed by atoms with van der Waals surface area (Å²) in [5, 5.41) is 6.60. The summed E-state index contributed by atoms with van der Waals surface area (Å²) < 4.78 is 6.30. The smallest absolute Gasteiger partial charge is 0.246 e. The molecule has 2 saturated heterocycles. The highest BCUT2D eigenvalue weighted by atomic mass is 16.5. The van der Waals surface area contributed by atoms with Gasteiger partial charge in [0.1, 0.15) is 6.61 Å². The number of amides is 1. The maximum atomic E-state index is 12.6. The number of hydrogen-bond donors (Lipinski definition) is 2. The number of likely N-dealkylation sites (tertiary alicyclic amines) is 1. The number of carbonyl (C=O) groups is 1. The molecule has 2 aromatic rings. The number of rotatable bonds is 7. The Kier molecular flexibility index (Phi) is 7.16. The van der Waals surface area contributed by atoms with E-state index in [0.29, 0.717) is 0 Å². The lowest BCUT2D eigenvalue weighted by atomic mass is 9.85. The fourth-order valence-corrected chi connectivity index (χ4v) is 4.64. The van der Waals surface area contributed by atoms with Crippen LogP contribution in [0.1, 0.15) is 36.8 Å². The van der Waals surface area contributed by atoms with Crippen LogP contribution in [-0.4, -0.2) is 49.6 Å². The fraction of sp³-hybridized carbons (Fsp3) is 0.480. The number of piperidine rings is 2. The van der Waals surface area contributed by atoms with Gasteiger partial charge in [-0.1, -0.05) is 60.7 Å². The van der Waals surface area contributed by atoms with E-state index in [-0.39, 0.29) is 24.2 Å². The van der Waals surface area contributed by atoms with Crippen molar-refractivity contribution in [2.45, 2.75) is 43.9 Å². The first-order valence-electron chi connectivity index (χ1n) is 11.2. The SMILES string of the molecule is O=C(COC1(c2ccccc2)CCNCC1)NC1CCN(Cc2ccccc2)CC1. The largest absolute Gasteiger partial charge is 0.360 e. The van der Waals surface area contributed by atoms with Crippen LogP contribution >= 0.6 is 0 Å². The molecule has 2 aliphatic rings. The molecular weight excluding hydrogens is 374 g/mol. The molecule has 0 aromatic heterocycles. The van der Waals surface area contributed by atoms with Crippen molar-refractivity contribution in [1.82, 2.24) is 15.5 Å². The summed E-state index contributed by atoms with van der Waals surface area (Å²) in [4.78, 5) is 15.1. The van der Waals surface area contributed by atoms with Crippen LogP contribution in [0.25, 0.3) is 0 Å². The topological polar surface area (TPSA) is 53.6 Å². The Morgan fingerprint density at radius 2 is 1.63 bits per heavy atom. The second-order valence-corrected chi connectivity index (χ2v) is 8.50. The molecule has 0 bridgehead atoms. The Hall–Kier alpha value is -2.21. The van der Waals surface area contributed by atoms with Crippen LogP contribution in [0.15, 0.2) is 60.7 Å². The van der Waals surface area contributed by atoms with Crippen molar-refractivity contribution in [3.8, 4) is 0 Å². The summed E-state index contributed by atoms with van der Waals surface area (Å²) in [6.07, 6.45) is 3.77. The Morgan fingerprint density at radius 1 is 1.00 bits per heavy atom. The van der Waals surface area contributed by atoms with E-state index >= 15 is 0 Å². The predicted octanol–water partition coefficient (Wildman–Crippen LogP) is 3.06. The lowest BCUT2D eigenvalue weighted by molar-refractivity contribution is -0.137. The molecule has 160 valence electrons. The molecule has 30 heavy (non-hydrogen) atoms. The van der Waals surface area contributed by atoms with Crippen LogP contribution in [0.3, 0.4) is 0 Å². The van der Waals surface area contributed by atoms with Crippen LogP contribution in [0.2, 0.25) is 0 Å². The van der Waals surface area contributed by atoms with Crippen LogP contribution in [0.4, 0.5) is 0 Å². The molecule has 4 rings (SSSR count). The molecular formula is C25H33N3O2. The van der Waals surface area contributed by atoms with E-state index in [0.717, 1.165) is 58.4 Å². The zero-order valence-electron chi connectivity index (χ0n) is 17.7. The first kappa shape index (κ1) is 21.0. The van der Waals surface area contributed by atoms with Gasteiger partial charge >= 0.3 is 0 Å². The normalized spacial score (nSPS) is 20.0. The summed E-state index contributed by atoms with van der Waals surface area (Å²) in [5.41, 5.74) is 2.16. The van der Waals surface area contributed by atoms with Gasteiger partial charge in [0, 0.05) is 25.7 Å². The summed E-state index contributed by atoms with van der Waals surface area (Å²) in [7, 11) is 0. The number of nitrogens with zero attached hydrogens (tertiary/aromatic N) is 1. The monoisotopic (exact) mass is 407 g/mol. The number of carbonyl (C=O) groups excluding carboxylic acids is 1. The van der Waals surface area contributed by atoms with Gasteiger partial charge in [-0.2, -0.15) is 0 Å². The number of nitrogens with one attached hydrogen (secondary N) is 2. The van der Waals surface area contributed by atoms with Crippen LogP contribution in [0, 0.1) is 0 Å². The van der Waals surface area contributed by atoms with E-state index in [1.165, 1.54) is 11.1 Å². The summed E-state index contributed by atoms with van der Waals surface area (Å²) in [6, 6.07) is 21.2. The second-order valence-electron chi connectivity index (χ2n) is 8.50. The summed E-state index contributed by atoms with van der Waals surface area (Å²) in [5.74, 6) is 0.00495. The molecule has 2 N–H and O–H groups in total. The molecule has 0 radical (unpaired) electrons. The quantitative estimate of drug-likeness (QED) is 0.741. The minimum atomic E-state index is -0.358. The summed E-state index contributed by atoms with van der Waals surface area (Å²) in [6.45, 7) is 4.96. The van der Waals surface area contributed by atoms with E-state index in [9.17, 15) is 4.79 Å². The molecule has 0 saturated carbocycles. The van der Waals surface area contributed by atoms with E-state index in [1.54, 1.807) is 0 Å². The molecule has 0 spiro atoms. The van der Waals surface area contributed by atoms with Crippen molar-refractivity contribution in [3.05, 3.63) is 71.8 Å². The van der Waals surface area contributed by atoms with Crippen LogP contribution in [-0.2, 0) is 21.7 Å². The van der Waals surface area contributed by atoms with Gasteiger partial charge in [0.25, 0.3) is 0 Å². The highest BCUT2D eigenvalue weighted by Gasteiger charge is 2.35. The van der Waals surface area contributed by atoms with Crippen molar-refractivity contribution in [1.29, 1.82) is 0 Å². The highest BCUT2D eigenvalue weighted by Crippen LogP contribution is 2.34. The van der Waals surface area contributed by atoms with E-state index in [2.05, 4.69) is 58.0 Å². The molecule has 2 aromatic carbocycles. The zero-order chi connectivity index (χ0) is 20.7. The van der Waals surface area contributed by atoms with E-state index in [1.807, 2.05) is 18.2 Å². The fourth-order valence-electron chi connectivity index (χ4n) is 4.64. The van der Waals surface area contributed by atoms with Gasteiger partial charge in [-0.05, 0) is 49.9 Å². The number of hydrogen-bond acceptors (Lipinski definition) is 4. The lowest BCUT2D eigenvalue weighted by Gasteiger charge is -2.38. The maximum Gasteiger partial charge on any atom is 0.246 e. The van der Waals surface area contributed by atoms with Crippen molar-refractivity contribution in [2.24, 2.45) is 0 Å².